The predicted octanol–water partition coefficient (Wildman–Crippen LogP) is 4.75. The lowest BCUT2D eigenvalue weighted by molar-refractivity contribution is -0.137. The summed E-state index contributed by atoms with van der Waals surface area (Å²) < 4.78 is 48.7. The van der Waals surface area contributed by atoms with Crippen molar-refractivity contribution < 1.29 is 27.4 Å². The Bertz CT molecular complexity index is 717. The standard InChI is InChI=1S/C19H20F3NO3/c1-18(12-13-23-17(24)25-2,14-6-4-3-5-7-14)26-16-10-8-15(9-11-16)19(20,21)22/h3-11H,12-13H2,1-2H3,(H,23,24). The van der Waals surface area contributed by atoms with E-state index in [-0.39, 0.29) is 6.54 Å². The molecule has 4 nitrogen and oxygen atoms in total. The predicted molar refractivity (Wildman–Crippen MR) is 90.9 cm³/mol. The smallest absolute Gasteiger partial charge is 0.416 e. The molecular weight excluding hydrogens is 347 g/mol. The van der Waals surface area contributed by atoms with Crippen LogP contribution in [0.15, 0.2) is 54.6 Å². The number of methoxy groups -OCH3 is 1. The van der Waals surface area contributed by atoms with Crippen LogP contribution in [-0.2, 0) is 16.5 Å². The summed E-state index contributed by atoms with van der Waals surface area (Å²) in [5.41, 5.74) is -0.743. The zero-order chi connectivity index (χ0) is 19.2. The molecule has 2 aromatic rings. The Morgan fingerprint density at radius 2 is 1.62 bits per heavy atom. The van der Waals surface area contributed by atoms with Crippen LogP contribution in [0.3, 0.4) is 0 Å². The first kappa shape index (κ1) is 19.6. The lowest BCUT2D eigenvalue weighted by atomic mass is 9.92. The zero-order valence-corrected chi connectivity index (χ0v) is 14.5. The molecule has 140 valence electrons. The van der Waals surface area contributed by atoms with Crippen molar-refractivity contribution in [1.29, 1.82) is 0 Å². The Hall–Kier alpha value is -2.70. The molecular formula is C19H20F3NO3. The van der Waals surface area contributed by atoms with E-state index in [1.807, 2.05) is 37.3 Å². The number of carbonyl (C=O) groups is 1. The van der Waals surface area contributed by atoms with Gasteiger partial charge < -0.3 is 14.8 Å². The van der Waals surface area contributed by atoms with Crippen LogP contribution in [-0.4, -0.2) is 19.7 Å². The van der Waals surface area contributed by atoms with Crippen LogP contribution in [0.1, 0.15) is 24.5 Å². The van der Waals surface area contributed by atoms with Crippen molar-refractivity contribution in [2.45, 2.75) is 25.1 Å². The molecule has 26 heavy (non-hydrogen) atoms. The van der Waals surface area contributed by atoms with Crippen LogP contribution < -0.4 is 10.1 Å². The maximum Gasteiger partial charge on any atom is 0.416 e. The SMILES string of the molecule is COC(=O)NCCC(C)(Oc1ccc(C(F)(F)F)cc1)c1ccccc1. The van der Waals surface area contributed by atoms with Crippen molar-refractivity contribution >= 4 is 6.09 Å². The van der Waals surface area contributed by atoms with Gasteiger partial charge in [-0.3, -0.25) is 0 Å². The van der Waals surface area contributed by atoms with Gasteiger partial charge in [0, 0.05) is 13.0 Å². The molecule has 0 spiro atoms. The Morgan fingerprint density at radius 3 is 2.15 bits per heavy atom. The molecule has 0 radical (unpaired) electrons. The van der Waals surface area contributed by atoms with Crippen LogP contribution in [0, 0.1) is 0 Å². The molecule has 0 fully saturated rings. The molecule has 0 aromatic heterocycles. The molecule has 2 aromatic carbocycles. The summed E-state index contributed by atoms with van der Waals surface area (Å²) in [7, 11) is 1.27. The average Bonchev–Trinajstić information content (AvgIpc) is 2.62. The van der Waals surface area contributed by atoms with Crippen molar-refractivity contribution in [1.82, 2.24) is 5.32 Å². The number of halogens is 3. The van der Waals surface area contributed by atoms with Gasteiger partial charge in [-0.2, -0.15) is 13.2 Å². The van der Waals surface area contributed by atoms with Gasteiger partial charge >= 0.3 is 12.3 Å². The number of rotatable bonds is 6. The van der Waals surface area contributed by atoms with Crippen LogP contribution in [0.4, 0.5) is 18.0 Å². The summed E-state index contributed by atoms with van der Waals surface area (Å²) >= 11 is 0. The Morgan fingerprint density at radius 1 is 1.00 bits per heavy atom. The van der Waals surface area contributed by atoms with E-state index in [2.05, 4.69) is 10.1 Å². The zero-order valence-electron chi connectivity index (χ0n) is 14.5. The number of ether oxygens (including phenoxy) is 2. The fourth-order valence-corrected chi connectivity index (χ4v) is 2.49. The first-order valence-corrected chi connectivity index (χ1v) is 7.98. The monoisotopic (exact) mass is 367 g/mol. The number of alkyl halides is 3. The summed E-state index contributed by atoms with van der Waals surface area (Å²) in [5.74, 6) is 0.308. The first-order valence-electron chi connectivity index (χ1n) is 7.98. The van der Waals surface area contributed by atoms with E-state index >= 15 is 0 Å². The number of nitrogens with one attached hydrogen (secondary N) is 1. The van der Waals surface area contributed by atoms with E-state index in [1.165, 1.54) is 19.2 Å². The van der Waals surface area contributed by atoms with Crippen molar-refractivity contribution in [2.24, 2.45) is 0 Å². The molecule has 0 heterocycles. The molecule has 7 heteroatoms. The highest BCUT2D eigenvalue weighted by Crippen LogP contribution is 2.34. The van der Waals surface area contributed by atoms with Crippen molar-refractivity contribution in [3.05, 3.63) is 65.7 Å². The maximum atomic E-state index is 12.7. The van der Waals surface area contributed by atoms with Gasteiger partial charge in [-0.05, 0) is 36.8 Å². The number of benzene rings is 2. The number of hydrogen-bond donors (Lipinski definition) is 1. The maximum absolute atomic E-state index is 12.7. The van der Waals surface area contributed by atoms with Gasteiger partial charge in [0.2, 0.25) is 0 Å². The Balaban J connectivity index is 2.20. The first-order chi connectivity index (χ1) is 12.2. The summed E-state index contributed by atoms with van der Waals surface area (Å²) in [6.07, 6.45) is -4.56. The van der Waals surface area contributed by atoms with Gasteiger partial charge in [-0.1, -0.05) is 30.3 Å². The second-order valence-corrected chi connectivity index (χ2v) is 5.89. The molecule has 1 N–H and O–H groups in total. The molecule has 0 saturated carbocycles. The van der Waals surface area contributed by atoms with Crippen molar-refractivity contribution in [2.75, 3.05) is 13.7 Å². The molecule has 0 saturated heterocycles. The molecule has 0 aliphatic heterocycles. The highest BCUT2D eigenvalue weighted by atomic mass is 19.4. The highest BCUT2D eigenvalue weighted by molar-refractivity contribution is 5.66. The number of hydrogen-bond acceptors (Lipinski definition) is 3. The van der Waals surface area contributed by atoms with E-state index in [4.69, 9.17) is 4.74 Å². The van der Waals surface area contributed by atoms with E-state index in [0.717, 1.165) is 17.7 Å². The molecule has 2 rings (SSSR count). The second-order valence-electron chi connectivity index (χ2n) is 5.89. The minimum atomic E-state index is -4.40. The van der Waals surface area contributed by atoms with Crippen molar-refractivity contribution in [3.63, 3.8) is 0 Å². The van der Waals surface area contributed by atoms with Crippen LogP contribution >= 0.6 is 0 Å². The lowest BCUT2D eigenvalue weighted by Crippen LogP contribution is -2.35. The topological polar surface area (TPSA) is 47.6 Å². The molecule has 1 unspecified atom stereocenters. The molecule has 0 bridgehead atoms. The minimum Gasteiger partial charge on any atom is -0.483 e. The minimum absolute atomic E-state index is 0.276. The fourth-order valence-electron chi connectivity index (χ4n) is 2.49. The fraction of sp³-hybridized carbons (Fsp3) is 0.316. The summed E-state index contributed by atoms with van der Waals surface area (Å²) in [4.78, 5) is 11.2. The Labute approximate surface area is 149 Å². The van der Waals surface area contributed by atoms with Gasteiger partial charge in [0.15, 0.2) is 0 Å². The molecule has 0 aliphatic carbocycles. The van der Waals surface area contributed by atoms with Crippen LogP contribution in [0.5, 0.6) is 5.75 Å². The number of alkyl carbamates (subject to hydrolysis) is 1. The molecule has 1 amide bonds. The van der Waals surface area contributed by atoms with Gasteiger partial charge in [0.25, 0.3) is 0 Å². The van der Waals surface area contributed by atoms with Gasteiger partial charge in [-0.15, -0.1) is 0 Å². The van der Waals surface area contributed by atoms with E-state index in [0.29, 0.717) is 12.2 Å². The van der Waals surface area contributed by atoms with Crippen molar-refractivity contribution in [3.8, 4) is 5.75 Å². The van der Waals surface area contributed by atoms with E-state index in [9.17, 15) is 18.0 Å². The largest absolute Gasteiger partial charge is 0.483 e. The molecule has 1 atom stereocenters. The van der Waals surface area contributed by atoms with Crippen LogP contribution in [0.25, 0.3) is 0 Å². The Kier molecular flexibility index (Phi) is 6.13. The number of amides is 1. The second kappa shape index (κ2) is 8.12. The normalized spacial score (nSPS) is 13.6. The third-order valence-electron chi connectivity index (χ3n) is 3.97. The number of carbonyl (C=O) groups excluding carboxylic acids is 1. The van der Waals surface area contributed by atoms with Gasteiger partial charge in [0.1, 0.15) is 11.4 Å². The van der Waals surface area contributed by atoms with Gasteiger partial charge in [0.05, 0.1) is 12.7 Å². The third kappa shape index (κ3) is 5.15. The lowest BCUT2D eigenvalue weighted by Gasteiger charge is -2.31. The molecule has 0 aliphatic rings. The summed E-state index contributed by atoms with van der Waals surface area (Å²) in [5, 5.41) is 2.58. The average molecular weight is 367 g/mol. The van der Waals surface area contributed by atoms with Gasteiger partial charge in [-0.25, -0.2) is 4.79 Å². The van der Waals surface area contributed by atoms with E-state index in [1.54, 1.807) is 0 Å². The summed E-state index contributed by atoms with van der Waals surface area (Å²) in [6, 6.07) is 13.8. The van der Waals surface area contributed by atoms with E-state index < -0.39 is 23.4 Å². The highest BCUT2D eigenvalue weighted by Gasteiger charge is 2.32. The quantitative estimate of drug-likeness (QED) is 0.802. The third-order valence-corrected chi connectivity index (χ3v) is 3.97. The summed E-state index contributed by atoms with van der Waals surface area (Å²) in [6.45, 7) is 2.09. The van der Waals surface area contributed by atoms with Crippen LogP contribution in [0.2, 0.25) is 0 Å².